The molecule has 0 radical (unpaired) electrons. The Bertz CT molecular complexity index is 778. The van der Waals surface area contributed by atoms with Crippen molar-refractivity contribution in [3.8, 4) is 0 Å². The van der Waals surface area contributed by atoms with E-state index < -0.39 is 20.0 Å². The maximum atomic E-state index is 12.8. The highest BCUT2D eigenvalue weighted by Crippen LogP contribution is 2.38. The number of nitrogens with one attached hydrogen (secondary N) is 1. The van der Waals surface area contributed by atoms with Crippen molar-refractivity contribution in [2.45, 2.75) is 212 Å². The number of likely N-dealkylation sites (N-methyl/N-ethyl adjacent to an activating group) is 1. The lowest BCUT2D eigenvalue weighted by molar-refractivity contribution is -0.870. The molecule has 0 aliphatic heterocycles. The number of aliphatic hydroxyl groups is 1. The van der Waals surface area contributed by atoms with Gasteiger partial charge in [-0.05, 0) is 12.8 Å². The van der Waals surface area contributed by atoms with E-state index in [1.165, 1.54) is 135 Å². The molecule has 8 nitrogen and oxygen atoms in total. The number of carbonyl (C=O) groups is 1. The quantitative estimate of drug-likeness (QED) is 0.0374. The Kier molecular flexibility index (Phi) is 33.0. The third-order valence-corrected chi connectivity index (χ3v) is 10.6. The van der Waals surface area contributed by atoms with Crippen molar-refractivity contribution < 1.29 is 32.9 Å². The predicted molar refractivity (Wildman–Crippen MR) is 206 cm³/mol. The van der Waals surface area contributed by atoms with Crippen LogP contribution in [0.4, 0.5) is 0 Å². The van der Waals surface area contributed by atoms with Crippen LogP contribution in [0.5, 0.6) is 0 Å². The second-order valence-electron chi connectivity index (χ2n) is 15.7. The molecule has 1 unspecified atom stereocenters. The first-order valence-corrected chi connectivity index (χ1v) is 22.3. The van der Waals surface area contributed by atoms with Crippen LogP contribution in [0.3, 0.4) is 0 Å². The average molecular weight is 719 g/mol. The van der Waals surface area contributed by atoms with Gasteiger partial charge in [-0.3, -0.25) is 9.36 Å². The van der Waals surface area contributed by atoms with Gasteiger partial charge in [-0.1, -0.05) is 181 Å². The summed E-state index contributed by atoms with van der Waals surface area (Å²) in [6.07, 6.45) is 33.9. The predicted octanol–water partition coefficient (Wildman–Crippen LogP) is 10.4. The van der Waals surface area contributed by atoms with Crippen molar-refractivity contribution in [2.75, 3.05) is 40.9 Å². The number of aliphatic hydroxyl groups excluding tert-OH is 1. The highest BCUT2D eigenvalue weighted by Gasteiger charge is 2.24. The summed E-state index contributed by atoms with van der Waals surface area (Å²) in [6.45, 7) is 4.71. The summed E-state index contributed by atoms with van der Waals surface area (Å²) < 4.78 is 23.2. The molecule has 0 aromatic carbocycles. The van der Waals surface area contributed by atoms with Gasteiger partial charge in [-0.2, -0.15) is 0 Å². The number of unbranched alkanes of at least 4 members (excludes halogenated alkanes) is 25. The Balaban J connectivity index is 4.31. The van der Waals surface area contributed by atoms with E-state index in [2.05, 4.69) is 19.2 Å². The second-order valence-corrected chi connectivity index (χ2v) is 17.1. The Labute approximate surface area is 304 Å². The van der Waals surface area contributed by atoms with Crippen molar-refractivity contribution >= 4 is 13.7 Å². The number of carbonyl (C=O) groups excluding carboxylic acids is 1. The molecule has 0 aliphatic carbocycles. The number of quaternary nitrogens is 1. The molecular formula is C40H83N2O6P. The van der Waals surface area contributed by atoms with E-state index in [1.807, 2.05) is 21.1 Å². The van der Waals surface area contributed by atoms with Crippen LogP contribution in [-0.2, 0) is 18.4 Å². The minimum Gasteiger partial charge on any atom is -0.756 e. The summed E-state index contributed by atoms with van der Waals surface area (Å²) >= 11 is 0. The normalized spacial score (nSPS) is 14.5. The van der Waals surface area contributed by atoms with Gasteiger partial charge in [0.05, 0.1) is 39.9 Å². The lowest BCUT2D eigenvalue weighted by Crippen LogP contribution is -2.46. The second kappa shape index (κ2) is 33.3. The zero-order chi connectivity index (χ0) is 36.5. The fourth-order valence-corrected chi connectivity index (χ4v) is 6.94. The zero-order valence-electron chi connectivity index (χ0n) is 33.2. The lowest BCUT2D eigenvalue weighted by atomic mass is 10.0. The molecule has 0 aliphatic rings. The highest BCUT2D eigenvalue weighted by molar-refractivity contribution is 7.45. The fraction of sp³-hybridized carbons (Fsp3) is 0.975. The van der Waals surface area contributed by atoms with E-state index in [1.54, 1.807) is 0 Å². The van der Waals surface area contributed by atoms with Crippen LogP contribution in [0, 0.1) is 0 Å². The van der Waals surface area contributed by atoms with Gasteiger partial charge in [0.15, 0.2) is 0 Å². The molecule has 3 atom stereocenters. The number of amides is 1. The van der Waals surface area contributed by atoms with Gasteiger partial charge in [0.1, 0.15) is 13.2 Å². The van der Waals surface area contributed by atoms with E-state index in [4.69, 9.17) is 9.05 Å². The van der Waals surface area contributed by atoms with Gasteiger partial charge in [-0.15, -0.1) is 0 Å². The summed E-state index contributed by atoms with van der Waals surface area (Å²) in [6, 6.07) is -0.791. The average Bonchev–Trinajstić information content (AvgIpc) is 3.04. The van der Waals surface area contributed by atoms with Gasteiger partial charge in [0, 0.05) is 6.42 Å². The largest absolute Gasteiger partial charge is 0.756 e. The monoisotopic (exact) mass is 719 g/mol. The Hall–Kier alpha value is -0.500. The molecule has 9 heteroatoms. The van der Waals surface area contributed by atoms with E-state index >= 15 is 0 Å². The van der Waals surface area contributed by atoms with Crippen molar-refractivity contribution in [3.63, 3.8) is 0 Å². The zero-order valence-corrected chi connectivity index (χ0v) is 34.1. The molecule has 0 saturated carbocycles. The summed E-state index contributed by atoms with van der Waals surface area (Å²) in [7, 11) is 1.31. The first-order chi connectivity index (χ1) is 23.5. The van der Waals surface area contributed by atoms with Crippen LogP contribution < -0.4 is 10.2 Å². The number of hydrogen-bond donors (Lipinski definition) is 2. The summed E-state index contributed by atoms with van der Waals surface area (Å²) in [5.74, 6) is -0.164. The van der Waals surface area contributed by atoms with Crippen LogP contribution >= 0.6 is 7.82 Å². The smallest absolute Gasteiger partial charge is 0.268 e. The third-order valence-electron chi connectivity index (χ3n) is 9.60. The Morgan fingerprint density at radius 2 is 1.00 bits per heavy atom. The number of phosphoric acid groups is 1. The van der Waals surface area contributed by atoms with Gasteiger partial charge in [0.2, 0.25) is 5.91 Å². The molecule has 0 aromatic heterocycles. The number of phosphoric ester groups is 1. The topological polar surface area (TPSA) is 108 Å². The molecule has 0 aromatic rings. The number of hydrogen-bond acceptors (Lipinski definition) is 6. The number of rotatable bonds is 38. The van der Waals surface area contributed by atoms with Crippen LogP contribution in [-0.4, -0.2) is 68.5 Å². The van der Waals surface area contributed by atoms with Crippen LogP contribution in [0.1, 0.15) is 200 Å². The third kappa shape index (κ3) is 35.7. The van der Waals surface area contributed by atoms with Crippen LogP contribution in [0.2, 0.25) is 0 Å². The van der Waals surface area contributed by atoms with Crippen LogP contribution in [0.15, 0.2) is 0 Å². The Morgan fingerprint density at radius 1 is 0.633 bits per heavy atom. The first kappa shape index (κ1) is 48.5. The van der Waals surface area contributed by atoms with Gasteiger partial charge >= 0.3 is 0 Å². The van der Waals surface area contributed by atoms with Crippen molar-refractivity contribution in [1.82, 2.24) is 5.32 Å². The molecule has 0 rings (SSSR count). The van der Waals surface area contributed by atoms with Gasteiger partial charge < -0.3 is 28.8 Å². The van der Waals surface area contributed by atoms with E-state index in [0.29, 0.717) is 23.9 Å². The maximum absolute atomic E-state index is 12.8. The van der Waals surface area contributed by atoms with Gasteiger partial charge in [0.25, 0.3) is 7.82 Å². The lowest BCUT2D eigenvalue weighted by Gasteiger charge is -2.30. The molecule has 0 heterocycles. The molecule has 0 fully saturated rings. The SMILES string of the molecule is CCCCCCCCCCCCCCCCCCCC(=O)N[C@@H](COP(=O)([O-])OCC[N+](C)(C)C)[C@H](O)CCCCCCCCCCCC. The summed E-state index contributed by atoms with van der Waals surface area (Å²) in [5.41, 5.74) is 0. The van der Waals surface area contributed by atoms with E-state index in [-0.39, 0.29) is 19.1 Å². The van der Waals surface area contributed by atoms with Crippen LogP contribution in [0.25, 0.3) is 0 Å². The minimum atomic E-state index is -4.55. The van der Waals surface area contributed by atoms with Crippen molar-refractivity contribution in [2.24, 2.45) is 0 Å². The molecule has 1 amide bonds. The molecule has 0 saturated heterocycles. The minimum absolute atomic E-state index is 0.0156. The molecule has 0 spiro atoms. The summed E-state index contributed by atoms with van der Waals surface area (Å²) in [4.78, 5) is 25.2. The maximum Gasteiger partial charge on any atom is 0.268 e. The molecule has 294 valence electrons. The van der Waals surface area contributed by atoms with Crippen molar-refractivity contribution in [1.29, 1.82) is 0 Å². The highest BCUT2D eigenvalue weighted by atomic mass is 31.2. The summed E-state index contributed by atoms with van der Waals surface area (Å²) in [5, 5.41) is 13.8. The van der Waals surface area contributed by atoms with Gasteiger partial charge in [-0.25, -0.2) is 0 Å². The Morgan fingerprint density at radius 3 is 1.39 bits per heavy atom. The first-order valence-electron chi connectivity index (χ1n) is 20.9. The van der Waals surface area contributed by atoms with Crippen molar-refractivity contribution in [3.05, 3.63) is 0 Å². The standard InChI is InChI=1S/C40H83N2O6P/c1-6-8-10-12-14-16-18-19-20-21-22-23-24-26-28-30-32-34-40(44)41-38(37-48-49(45,46)47-36-35-42(3,4)5)39(43)33-31-29-27-25-17-15-13-11-9-7-2/h38-39,43H,6-37H2,1-5H3,(H-,41,44,45,46)/t38-,39+/m0/s1. The molecule has 2 N–H and O–H groups in total. The molecule has 0 bridgehead atoms. The number of nitrogens with zero attached hydrogens (tertiary/aromatic N) is 1. The fourth-order valence-electron chi connectivity index (χ4n) is 6.22. The molecule has 49 heavy (non-hydrogen) atoms. The molecular weight excluding hydrogens is 635 g/mol. The van der Waals surface area contributed by atoms with E-state index in [0.717, 1.165) is 38.5 Å². The van der Waals surface area contributed by atoms with E-state index in [9.17, 15) is 19.4 Å².